The summed E-state index contributed by atoms with van der Waals surface area (Å²) >= 11 is 36.1. The lowest BCUT2D eigenvalue weighted by molar-refractivity contribution is -0.155. The third kappa shape index (κ3) is 38.3. The van der Waals surface area contributed by atoms with Crippen molar-refractivity contribution in [2.45, 2.75) is 317 Å². The number of esters is 3. The molecule has 0 bridgehead atoms. The summed E-state index contributed by atoms with van der Waals surface area (Å²) in [7, 11) is 8.95. The summed E-state index contributed by atoms with van der Waals surface area (Å²) in [4.78, 5) is 110. The van der Waals surface area contributed by atoms with Crippen molar-refractivity contribution in [1.29, 1.82) is 0 Å². The van der Waals surface area contributed by atoms with Crippen molar-refractivity contribution in [3.8, 4) is 51.3 Å². The smallest absolute Gasteiger partial charge is 0.492 e. The van der Waals surface area contributed by atoms with E-state index in [1.807, 2.05) is 47.6 Å². The first-order valence-corrected chi connectivity index (χ1v) is 51.6. The van der Waals surface area contributed by atoms with Gasteiger partial charge in [-0.25, -0.2) is 39.3 Å². The van der Waals surface area contributed by atoms with Crippen LogP contribution in [0.2, 0.25) is 25.8 Å². The molecule has 0 aromatic carbocycles. The van der Waals surface area contributed by atoms with Crippen molar-refractivity contribution in [2.75, 3.05) is 21.1 Å². The molecule has 7 saturated carbocycles. The number of aromatic nitrogens is 11. The number of amides is 3. The van der Waals surface area contributed by atoms with Crippen LogP contribution in [-0.2, 0) is 88.6 Å². The number of carboxylic acid groups (broad SMARTS) is 1. The van der Waals surface area contributed by atoms with Crippen molar-refractivity contribution in [2.24, 2.45) is 44.8 Å². The first-order valence-electron chi connectivity index (χ1n) is 48.2. The van der Waals surface area contributed by atoms with Crippen LogP contribution in [0.5, 0.6) is 28.7 Å². The van der Waals surface area contributed by atoms with Gasteiger partial charge >= 0.3 is 49.3 Å². The zero-order chi connectivity index (χ0) is 104. The molecule has 44 heteroatoms. The molecular weight excluding hydrogens is 2100 g/mol. The molecule has 8 atom stereocenters. The Balaban J connectivity index is 0.000000241. The number of aliphatic carboxylic acids is 1. The molecule has 7 fully saturated rings. The summed E-state index contributed by atoms with van der Waals surface area (Å²) in [6.07, 6.45) is 29.6. The van der Waals surface area contributed by atoms with E-state index in [1.165, 1.54) is 29.2 Å². The van der Waals surface area contributed by atoms with Gasteiger partial charge < -0.3 is 87.8 Å². The molecule has 3 amide bonds. The van der Waals surface area contributed by atoms with Crippen LogP contribution in [0.15, 0.2) is 94.7 Å². The van der Waals surface area contributed by atoms with Gasteiger partial charge in [-0.05, 0) is 269 Å². The highest BCUT2D eigenvalue weighted by atomic mass is 79.9. The van der Waals surface area contributed by atoms with E-state index >= 15 is 0 Å². The minimum Gasteiger partial charge on any atom is -0.505 e. The molecular formula is C100H140BBr2Cl5N14O22. The predicted molar refractivity (Wildman–Crippen MR) is 555 cm³/mol. The first kappa shape index (κ1) is 121. The Kier molecular flexibility index (Phi) is 51.1. The monoisotopic (exact) mass is 2230 g/mol. The number of halogens is 7. The Morgan fingerprint density at radius 3 is 1.10 bits per heavy atom. The minimum absolute atomic E-state index is 0. The number of aromatic hydroxyl groups is 2. The molecule has 0 aliphatic heterocycles. The van der Waals surface area contributed by atoms with E-state index in [4.69, 9.17) is 111 Å². The summed E-state index contributed by atoms with van der Waals surface area (Å²) in [5.41, 5.74) is 4.83. The van der Waals surface area contributed by atoms with Gasteiger partial charge in [-0.15, -0.1) is 0 Å². The molecule has 144 heavy (non-hydrogen) atoms. The quantitative estimate of drug-likeness (QED) is 0.0134. The van der Waals surface area contributed by atoms with Crippen molar-refractivity contribution >= 4 is 145 Å². The predicted octanol–water partition coefficient (Wildman–Crippen LogP) is 20.6. The van der Waals surface area contributed by atoms with Gasteiger partial charge in [-0.3, -0.25) is 33.2 Å². The number of carbonyl (C=O) groups excluding carboxylic acids is 6. The van der Waals surface area contributed by atoms with Gasteiger partial charge in [-0.1, -0.05) is 118 Å². The number of rotatable bonds is 25. The number of pyridine rings is 5. The molecule has 8 aromatic rings. The van der Waals surface area contributed by atoms with Gasteiger partial charge in [0.25, 0.3) is 0 Å². The fourth-order valence-electron chi connectivity index (χ4n) is 17.5. The number of aryl methyl sites for hydroxylation is 3. The van der Waals surface area contributed by atoms with Crippen molar-refractivity contribution in [3.63, 3.8) is 0 Å². The summed E-state index contributed by atoms with van der Waals surface area (Å²) in [5, 5.41) is 68.2. The van der Waals surface area contributed by atoms with Crippen LogP contribution in [0.4, 0.5) is 14.4 Å². The van der Waals surface area contributed by atoms with Gasteiger partial charge in [0.2, 0.25) is 0 Å². The van der Waals surface area contributed by atoms with Crippen LogP contribution in [0.3, 0.4) is 0 Å². The Morgan fingerprint density at radius 1 is 0.424 bits per heavy atom. The minimum atomic E-state index is -1.62. The Hall–Kier alpha value is -9.58. The van der Waals surface area contributed by atoms with Gasteiger partial charge in [0.15, 0.2) is 54.5 Å². The lowest BCUT2D eigenvalue weighted by Crippen LogP contribution is -2.37. The summed E-state index contributed by atoms with van der Waals surface area (Å²) in [6.45, 7) is 11.2. The van der Waals surface area contributed by atoms with E-state index in [0.29, 0.717) is 86.5 Å². The Morgan fingerprint density at radius 2 is 0.757 bits per heavy atom. The van der Waals surface area contributed by atoms with Crippen LogP contribution in [0, 0.1) is 23.7 Å². The molecule has 8 aromatic heterocycles. The maximum Gasteiger partial charge on any atom is 0.492 e. The van der Waals surface area contributed by atoms with Crippen LogP contribution < -0.4 is 19.7 Å². The van der Waals surface area contributed by atoms with E-state index in [1.54, 1.807) is 121 Å². The lowest BCUT2D eigenvalue weighted by atomic mass is 9.80. The number of hydrogen-bond donors (Lipinski definition) is 6. The molecule has 7 aliphatic carbocycles. The average molecular weight is 2240 g/mol. The largest absolute Gasteiger partial charge is 0.505 e. The number of hydrogen-bond acceptors (Lipinski definition) is 29. The summed E-state index contributed by atoms with van der Waals surface area (Å²) in [6, 6.07) is 17.6. The SMILES string of the molecule is C.C.CC(C)OC(=O)[C@H]1CCC[C@@H](O)C1.CC(C)OC(=O)[C@H]1CCC[C@H](Oc2ccc(-c3cnn(C)c3COC(=O)N(C)C3CCCC3)nc2Cl)C1.CC(C)OC(=O)[C@H]1CCC[C@H](Oc2ccc(Br)nc2Cl)C1.CN(C(=O)OCc1c(-c2ccc(O[C@H]3CCC[C@H](C(=O)O)C3)c(Cl)n2)cnn1C)C1CCCC1.CN(C(=O)OCc1c(B(O)O)cnn1C)C1CCCC1.Oc1ccc(Br)nc1Cl.Oc1cccnc1Cl. The van der Waals surface area contributed by atoms with E-state index in [0.717, 1.165) is 164 Å². The fourth-order valence-corrected chi connectivity index (χ4v) is 19.2. The van der Waals surface area contributed by atoms with E-state index < -0.39 is 25.1 Å². The molecule has 6 N–H and O–H groups in total. The number of ether oxygens (including phenoxy) is 9. The number of aliphatic hydroxyl groups is 1. The topological polar surface area (TPSA) is 452 Å². The second-order valence-electron chi connectivity index (χ2n) is 36.9. The fraction of sp³-hybridized carbons (Fsp3) is 0.590. The molecule has 7 aliphatic rings. The van der Waals surface area contributed by atoms with Crippen molar-refractivity contribution < 1.29 is 107 Å². The first-order chi connectivity index (χ1) is 67.6. The van der Waals surface area contributed by atoms with Crippen LogP contribution in [0.25, 0.3) is 22.5 Å². The Labute approximate surface area is 885 Å². The molecule has 0 spiro atoms. The molecule has 0 unspecified atom stereocenters. The highest BCUT2D eigenvalue weighted by Crippen LogP contribution is 2.39. The van der Waals surface area contributed by atoms with Crippen LogP contribution >= 0.6 is 89.9 Å². The average Bonchev–Trinajstić information content (AvgIpc) is 1.49. The Bertz CT molecular complexity index is 5380. The normalized spacial score (nSPS) is 19.2. The second kappa shape index (κ2) is 60.6. The zero-order valence-corrected chi connectivity index (χ0v) is 89.2. The molecule has 0 saturated heterocycles. The standard InChI is InChI=1S/C27H37ClN4O5.C24H31ClN4O5.C15H19BrClNO3.C12H20BN3O4.C10H18O3.C5H3BrClNO.C5H4ClNO.2CH4/c1-17(2)36-26(33)18-8-7-11-20(14-18)37-24-13-12-22(30-25(24)28)21-15-29-32(4)23(21)16-35-27(34)31(3)19-9-5-6-10-19;1-28(16-7-3-4-8-16)24(32)33-14-20-18(13-26-29(20)2)19-10-11-21(22(25)27-19)34-17-9-5-6-15(12-17)23(30)31;1-9(2)20-15(19)10-4-3-5-11(8-10)21-12-6-7-13(16)18-14(12)17;1-15(9-5-3-4-6-9)12(17)20-8-11-10(13(18)19)7-14-16(11)2;1-7(2)13-10(12)8-4-3-5-9(11)6-8;6-4-2-1-3(9)5(7)8-4;6-5-4(8)2-1-3-7-5;;/h12-13,15,17-20H,5-11,14,16H2,1-4H3;10-11,13,15-17H,3-9,12,14H2,1-2H3,(H,30,31);6-7,9-11H,3-5,8H2,1-2H3;7,9,18-19H,3-6,8H2,1-2H3;7-9,11H,3-6H2,1-2H3;1-2,9H;1-3,8H;2*1H4/t18-,20-;15-,17-;10-,11-;;8-,9+;;;;/m000.0..../s1. The highest BCUT2D eigenvalue weighted by molar-refractivity contribution is 9.10. The number of nitrogens with zero attached hydrogens (tertiary/aromatic N) is 14. The number of carbonyl (C=O) groups is 7. The molecule has 15 rings (SSSR count). The molecule has 8 heterocycles. The number of aliphatic hydroxyl groups excluding tert-OH is 1. The second-order valence-corrected chi connectivity index (χ2v) is 40.3. The maximum absolute atomic E-state index is 12.6. The van der Waals surface area contributed by atoms with Crippen LogP contribution in [0.1, 0.15) is 253 Å². The van der Waals surface area contributed by atoms with E-state index in [-0.39, 0.29) is 181 Å². The zero-order valence-electron chi connectivity index (χ0n) is 82.3. The van der Waals surface area contributed by atoms with Gasteiger partial charge in [0, 0.05) is 89.4 Å². The summed E-state index contributed by atoms with van der Waals surface area (Å²) in [5.74, 6) is -0.462. The third-order valence-electron chi connectivity index (χ3n) is 25.3. The molecule has 794 valence electrons. The van der Waals surface area contributed by atoms with Gasteiger partial charge in [0.05, 0.1) is 107 Å². The van der Waals surface area contributed by atoms with E-state index in [2.05, 4.69) is 72.1 Å². The van der Waals surface area contributed by atoms with Crippen molar-refractivity contribution in [1.82, 2.24) is 69.0 Å². The number of carboxylic acids is 1. The van der Waals surface area contributed by atoms with Gasteiger partial charge in [-0.2, -0.15) is 15.3 Å². The third-order valence-corrected chi connectivity index (χ3v) is 27.5. The van der Waals surface area contributed by atoms with E-state index in [9.17, 15) is 53.8 Å². The summed E-state index contributed by atoms with van der Waals surface area (Å²) < 4.78 is 56.3. The van der Waals surface area contributed by atoms with Crippen LogP contribution in [-0.4, -0.2) is 231 Å². The maximum atomic E-state index is 12.6. The highest BCUT2D eigenvalue weighted by Gasteiger charge is 2.37. The lowest BCUT2D eigenvalue weighted by Gasteiger charge is -2.29. The van der Waals surface area contributed by atoms with Crippen molar-refractivity contribution in [3.05, 3.63) is 138 Å². The molecule has 0 radical (unpaired) electrons. The molecule has 36 nitrogen and oxygen atoms in total. The van der Waals surface area contributed by atoms with Gasteiger partial charge in [0.1, 0.15) is 29.0 Å².